The minimum atomic E-state index is -0.970. The summed E-state index contributed by atoms with van der Waals surface area (Å²) >= 11 is 0. The molecule has 1 unspecified atom stereocenters. The highest BCUT2D eigenvalue weighted by Gasteiger charge is 2.30. The fourth-order valence-corrected chi connectivity index (χ4v) is 1.60. The number of carbonyl (C=O) groups is 1. The summed E-state index contributed by atoms with van der Waals surface area (Å²) in [5, 5.41) is 24.2. The van der Waals surface area contributed by atoms with Crippen molar-refractivity contribution < 1.29 is 15.1 Å². The zero-order chi connectivity index (χ0) is 14.6. The number of rotatable bonds is 4. The molecule has 104 valence electrons. The van der Waals surface area contributed by atoms with Crippen LogP contribution in [-0.2, 0) is 0 Å². The van der Waals surface area contributed by atoms with Crippen LogP contribution in [0.2, 0.25) is 0 Å². The number of nitrogens with zero attached hydrogens (tertiary/aromatic N) is 1. The highest BCUT2D eigenvalue weighted by atomic mass is 16.4. The molecule has 1 rings (SSSR count). The number of phenols is 1. The maximum Gasteiger partial charge on any atom is 0.255 e. The van der Waals surface area contributed by atoms with Gasteiger partial charge in [-0.25, -0.2) is 0 Å². The van der Waals surface area contributed by atoms with E-state index in [1.54, 1.807) is 32.9 Å². The lowest BCUT2D eigenvalue weighted by Gasteiger charge is -2.28. The van der Waals surface area contributed by atoms with Gasteiger partial charge in [-0.1, -0.05) is 24.2 Å². The number of phenolic OH excluding ortho intramolecular Hbond substituents is 1. The first kappa shape index (κ1) is 14.8. The Balaban J connectivity index is 3.05. The number of nitrogens with one attached hydrogen (secondary N) is 1. The summed E-state index contributed by atoms with van der Waals surface area (Å²) in [5.41, 5.74) is 5.37. The summed E-state index contributed by atoms with van der Waals surface area (Å²) < 4.78 is 0. The van der Waals surface area contributed by atoms with E-state index in [0.717, 1.165) is 0 Å². The predicted octanol–water partition coefficient (Wildman–Crippen LogP) is 1.35. The van der Waals surface area contributed by atoms with Crippen LogP contribution in [0.15, 0.2) is 23.4 Å². The molecule has 5 N–H and O–H groups in total. The van der Waals surface area contributed by atoms with E-state index in [-0.39, 0.29) is 17.1 Å². The second-order valence-corrected chi connectivity index (χ2v) is 4.60. The first-order chi connectivity index (χ1) is 8.85. The van der Waals surface area contributed by atoms with Crippen LogP contribution in [0.3, 0.4) is 0 Å². The van der Waals surface area contributed by atoms with Gasteiger partial charge in [0.15, 0.2) is 5.84 Å². The number of para-hydroxylation sites is 1. The number of aryl methyl sites for hydroxylation is 1. The molecule has 0 aromatic heterocycles. The molecule has 0 saturated carbocycles. The summed E-state index contributed by atoms with van der Waals surface area (Å²) in [4.78, 5) is 12.1. The van der Waals surface area contributed by atoms with Crippen molar-refractivity contribution >= 4 is 11.7 Å². The van der Waals surface area contributed by atoms with Crippen molar-refractivity contribution in [1.82, 2.24) is 5.32 Å². The first-order valence-electron chi connectivity index (χ1n) is 5.94. The lowest BCUT2D eigenvalue weighted by atomic mass is 9.96. The minimum absolute atomic E-state index is 0.0713. The van der Waals surface area contributed by atoms with E-state index in [1.165, 1.54) is 6.07 Å². The van der Waals surface area contributed by atoms with Gasteiger partial charge in [-0.15, -0.1) is 0 Å². The molecule has 0 aliphatic carbocycles. The third-order valence-electron chi connectivity index (χ3n) is 3.25. The first-order valence-corrected chi connectivity index (χ1v) is 5.94. The number of aromatic hydroxyl groups is 1. The van der Waals surface area contributed by atoms with E-state index in [9.17, 15) is 9.90 Å². The average Bonchev–Trinajstić information content (AvgIpc) is 2.40. The van der Waals surface area contributed by atoms with Gasteiger partial charge >= 0.3 is 0 Å². The van der Waals surface area contributed by atoms with Crippen LogP contribution < -0.4 is 11.1 Å². The lowest BCUT2D eigenvalue weighted by molar-refractivity contribution is 0.0922. The molecular formula is C13H19N3O3. The lowest BCUT2D eigenvalue weighted by Crippen LogP contribution is -2.55. The molecule has 0 bridgehead atoms. The number of oxime groups is 1. The van der Waals surface area contributed by atoms with Gasteiger partial charge in [-0.05, 0) is 31.9 Å². The number of benzene rings is 1. The molecule has 6 heteroatoms. The van der Waals surface area contributed by atoms with Gasteiger partial charge in [0.1, 0.15) is 5.75 Å². The standard InChI is InChI=1S/C13H19N3O3/c1-4-13(3,12(14)16-19)15-11(18)9-7-5-6-8(2)10(9)17/h5-7,17,19H,4H2,1-3H3,(H2,14,16)(H,15,18). The Morgan fingerprint density at radius 3 is 2.68 bits per heavy atom. The topological polar surface area (TPSA) is 108 Å². The maximum atomic E-state index is 12.1. The van der Waals surface area contributed by atoms with Gasteiger partial charge in [0.2, 0.25) is 0 Å². The monoisotopic (exact) mass is 265 g/mol. The number of nitrogens with two attached hydrogens (primary N) is 1. The van der Waals surface area contributed by atoms with Gasteiger partial charge in [-0.3, -0.25) is 4.79 Å². The van der Waals surface area contributed by atoms with Crippen LogP contribution >= 0.6 is 0 Å². The van der Waals surface area contributed by atoms with Gasteiger partial charge < -0.3 is 21.4 Å². The Hall–Kier alpha value is -2.24. The molecular weight excluding hydrogens is 246 g/mol. The summed E-state index contributed by atoms with van der Waals surface area (Å²) in [6, 6.07) is 4.89. The van der Waals surface area contributed by atoms with Gasteiger partial charge in [0.25, 0.3) is 5.91 Å². The normalized spacial score (nSPS) is 14.8. The van der Waals surface area contributed by atoms with Gasteiger partial charge in [-0.2, -0.15) is 0 Å². The van der Waals surface area contributed by atoms with E-state index >= 15 is 0 Å². The van der Waals surface area contributed by atoms with Crippen molar-refractivity contribution in [2.45, 2.75) is 32.7 Å². The zero-order valence-corrected chi connectivity index (χ0v) is 11.3. The molecule has 0 radical (unpaired) electrons. The second kappa shape index (κ2) is 5.60. The molecule has 0 fully saturated rings. The van der Waals surface area contributed by atoms with Crippen LogP contribution in [-0.4, -0.2) is 27.6 Å². The van der Waals surface area contributed by atoms with Gasteiger partial charge in [0, 0.05) is 0 Å². The molecule has 0 saturated heterocycles. The van der Waals surface area contributed by atoms with Crippen LogP contribution in [0.5, 0.6) is 5.75 Å². The molecule has 1 aromatic carbocycles. The molecule has 0 spiro atoms. The number of amidine groups is 1. The third kappa shape index (κ3) is 2.96. The summed E-state index contributed by atoms with van der Waals surface area (Å²) in [5.74, 6) is -0.634. The number of hydrogen-bond donors (Lipinski definition) is 4. The van der Waals surface area contributed by atoms with E-state index in [0.29, 0.717) is 12.0 Å². The van der Waals surface area contributed by atoms with Crippen LogP contribution in [0.25, 0.3) is 0 Å². The predicted molar refractivity (Wildman–Crippen MR) is 72.4 cm³/mol. The quantitative estimate of drug-likeness (QED) is 0.285. The van der Waals surface area contributed by atoms with Crippen molar-refractivity contribution in [3.63, 3.8) is 0 Å². The number of amides is 1. The Morgan fingerprint density at radius 1 is 1.53 bits per heavy atom. The van der Waals surface area contributed by atoms with Crippen LogP contribution in [0, 0.1) is 6.92 Å². The smallest absolute Gasteiger partial charge is 0.255 e. The van der Waals surface area contributed by atoms with Crippen molar-refractivity contribution in [3.05, 3.63) is 29.3 Å². The Morgan fingerprint density at radius 2 is 2.16 bits per heavy atom. The SMILES string of the molecule is CCC(C)(NC(=O)c1cccc(C)c1O)/C(N)=N/O. The average molecular weight is 265 g/mol. The zero-order valence-electron chi connectivity index (χ0n) is 11.3. The van der Waals surface area contributed by atoms with Crippen LogP contribution in [0.1, 0.15) is 36.2 Å². The fourth-order valence-electron chi connectivity index (χ4n) is 1.60. The van der Waals surface area contributed by atoms with E-state index in [4.69, 9.17) is 10.9 Å². The van der Waals surface area contributed by atoms with Crippen molar-refractivity contribution in [1.29, 1.82) is 0 Å². The summed E-state index contributed by atoms with van der Waals surface area (Å²) in [7, 11) is 0. The Labute approximate surface area is 111 Å². The van der Waals surface area contributed by atoms with Crippen molar-refractivity contribution in [3.8, 4) is 5.75 Å². The van der Waals surface area contributed by atoms with Crippen LogP contribution in [0.4, 0.5) is 0 Å². The van der Waals surface area contributed by atoms with E-state index in [1.807, 2.05) is 0 Å². The molecule has 19 heavy (non-hydrogen) atoms. The minimum Gasteiger partial charge on any atom is -0.507 e. The van der Waals surface area contributed by atoms with E-state index in [2.05, 4.69) is 10.5 Å². The Kier molecular flexibility index (Phi) is 4.37. The fraction of sp³-hybridized carbons (Fsp3) is 0.385. The maximum absolute atomic E-state index is 12.1. The molecule has 6 nitrogen and oxygen atoms in total. The molecule has 0 heterocycles. The van der Waals surface area contributed by atoms with Crippen molar-refractivity contribution in [2.24, 2.45) is 10.9 Å². The highest BCUT2D eigenvalue weighted by molar-refractivity contribution is 6.01. The second-order valence-electron chi connectivity index (χ2n) is 4.60. The number of carbonyl (C=O) groups excluding carboxylic acids is 1. The molecule has 0 aliphatic rings. The highest BCUT2D eigenvalue weighted by Crippen LogP contribution is 2.22. The molecule has 1 aromatic rings. The summed E-state index contributed by atoms with van der Waals surface area (Å²) in [6.07, 6.45) is 0.446. The number of hydrogen-bond acceptors (Lipinski definition) is 4. The third-order valence-corrected chi connectivity index (χ3v) is 3.25. The molecule has 0 aliphatic heterocycles. The van der Waals surface area contributed by atoms with E-state index < -0.39 is 11.4 Å². The van der Waals surface area contributed by atoms with Crippen molar-refractivity contribution in [2.75, 3.05) is 0 Å². The van der Waals surface area contributed by atoms with Gasteiger partial charge in [0.05, 0.1) is 11.1 Å². The molecule has 1 amide bonds. The largest absolute Gasteiger partial charge is 0.507 e. The Bertz CT molecular complexity index is 514. The summed E-state index contributed by atoms with van der Waals surface area (Å²) in [6.45, 7) is 5.15. The molecule has 1 atom stereocenters.